The van der Waals surface area contributed by atoms with Crippen molar-refractivity contribution >= 4 is 50.7 Å². The molecule has 1 aliphatic carbocycles. The first kappa shape index (κ1) is 34.6. The molecule has 0 saturated heterocycles. The van der Waals surface area contributed by atoms with Gasteiger partial charge in [-0.2, -0.15) is 13.2 Å². The van der Waals surface area contributed by atoms with E-state index in [2.05, 4.69) is 5.32 Å². The lowest BCUT2D eigenvalue weighted by Gasteiger charge is -2.35. The second-order valence-corrected chi connectivity index (χ2v) is 13.9. The van der Waals surface area contributed by atoms with Crippen molar-refractivity contribution < 1.29 is 31.2 Å². The highest BCUT2D eigenvalue weighted by atomic mass is 35.5. The average Bonchev–Trinajstić information content (AvgIpc) is 2.98. The molecule has 13 heteroatoms. The van der Waals surface area contributed by atoms with Crippen molar-refractivity contribution in [3.8, 4) is 0 Å². The number of alkyl halides is 3. The van der Waals surface area contributed by atoms with Crippen molar-refractivity contribution in [3.63, 3.8) is 0 Å². The van der Waals surface area contributed by atoms with Gasteiger partial charge in [0.2, 0.25) is 21.8 Å². The molecule has 1 N–H and O–H groups in total. The van der Waals surface area contributed by atoms with Gasteiger partial charge in [0.05, 0.1) is 17.5 Å². The lowest BCUT2D eigenvalue weighted by molar-refractivity contribution is -0.140. The fourth-order valence-corrected chi connectivity index (χ4v) is 6.69. The fraction of sp³-hybridized carbons (Fsp3) is 0.375. The zero-order valence-corrected chi connectivity index (χ0v) is 26.9. The van der Waals surface area contributed by atoms with E-state index in [0.717, 1.165) is 56.1 Å². The molecule has 1 unspecified atom stereocenters. The Balaban J connectivity index is 1.76. The van der Waals surface area contributed by atoms with E-state index >= 15 is 0 Å². The van der Waals surface area contributed by atoms with Crippen LogP contribution in [0.2, 0.25) is 10.0 Å². The Morgan fingerprint density at radius 3 is 2.27 bits per heavy atom. The van der Waals surface area contributed by atoms with Crippen LogP contribution in [0.25, 0.3) is 0 Å². The minimum atomic E-state index is -4.74. The maximum Gasteiger partial charge on any atom is 0.416 e. The van der Waals surface area contributed by atoms with Gasteiger partial charge >= 0.3 is 6.18 Å². The van der Waals surface area contributed by atoms with E-state index in [1.165, 1.54) is 17.0 Å². The Labute approximate surface area is 271 Å². The summed E-state index contributed by atoms with van der Waals surface area (Å²) in [6.07, 6.45) is 0.720. The maximum atomic E-state index is 14.2. The Bertz CT molecular complexity index is 1600. The molecule has 7 nitrogen and oxygen atoms in total. The van der Waals surface area contributed by atoms with Crippen LogP contribution in [0.15, 0.2) is 72.8 Å². The SMILES string of the molecule is CS(=O)(=O)N(CC(=O)N(Cc1ccc(Cl)cc1Cl)C(Cc1ccccc1)C(=O)NC1CCCCC1)c1cccc(C(F)(F)F)c1. The van der Waals surface area contributed by atoms with E-state index in [1.54, 1.807) is 24.3 Å². The average molecular weight is 685 g/mol. The summed E-state index contributed by atoms with van der Waals surface area (Å²) in [4.78, 5) is 29.4. The fourth-order valence-electron chi connectivity index (χ4n) is 5.38. The van der Waals surface area contributed by atoms with Gasteiger partial charge in [-0.15, -0.1) is 0 Å². The highest BCUT2D eigenvalue weighted by Gasteiger charge is 2.36. The van der Waals surface area contributed by atoms with Crippen LogP contribution in [-0.2, 0) is 38.8 Å². The minimum absolute atomic E-state index is 0.0850. The summed E-state index contributed by atoms with van der Waals surface area (Å²) < 4.78 is 67.0. The van der Waals surface area contributed by atoms with Crippen LogP contribution in [0.5, 0.6) is 0 Å². The van der Waals surface area contributed by atoms with Gasteiger partial charge in [0.25, 0.3) is 0 Å². The van der Waals surface area contributed by atoms with Crippen LogP contribution in [0.4, 0.5) is 18.9 Å². The topological polar surface area (TPSA) is 86.8 Å². The highest BCUT2D eigenvalue weighted by molar-refractivity contribution is 7.92. The predicted octanol–water partition coefficient (Wildman–Crippen LogP) is 6.87. The molecule has 242 valence electrons. The Hall–Kier alpha value is -3.28. The number of amides is 2. The second-order valence-electron chi connectivity index (χ2n) is 11.1. The van der Waals surface area contributed by atoms with Gasteiger partial charge in [-0.3, -0.25) is 13.9 Å². The van der Waals surface area contributed by atoms with Crippen LogP contribution >= 0.6 is 23.2 Å². The van der Waals surface area contributed by atoms with Crippen LogP contribution in [0.1, 0.15) is 48.8 Å². The lowest BCUT2D eigenvalue weighted by Crippen LogP contribution is -2.55. The largest absolute Gasteiger partial charge is 0.416 e. The molecule has 1 atom stereocenters. The zero-order valence-electron chi connectivity index (χ0n) is 24.6. The first-order chi connectivity index (χ1) is 21.2. The standard InChI is InChI=1S/C32H34Cl2F3N3O4S/c1-45(43,44)40(27-14-8-11-24(18-27)32(35,36)37)21-30(41)39(20-23-15-16-25(33)19-28(23)34)29(17-22-9-4-2-5-10-22)31(42)38-26-12-6-3-7-13-26/h2,4-5,8-11,14-16,18-19,26,29H,3,6-7,12-13,17,20-21H2,1H3,(H,38,42). The zero-order chi connectivity index (χ0) is 32.8. The second kappa shape index (κ2) is 14.9. The molecule has 0 spiro atoms. The molecule has 2 amide bonds. The summed E-state index contributed by atoms with van der Waals surface area (Å²) in [6.45, 7) is -1.04. The number of anilines is 1. The molecule has 0 aliphatic heterocycles. The molecule has 1 saturated carbocycles. The van der Waals surface area contributed by atoms with E-state index in [9.17, 15) is 31.2 Å². The van der Waals surface area contributed by atoms with E-state index in [0.29, 0.717) is 21.0 Å². The van der Waals surface area contributed by atoms with Crippen LogP contribution in [0.3, 0.4) is 0 Å². The van der Waals surface area contributed by atoms with Gasteiger partial charge in [-0.05, 0) is 54.3 Å². The molecule has 3 aromatic rings. The van der Waals surface area contributed by atoms with E-state index in [1.807, 2.05) is 18.2 Å². The summed E-state index contributed by atoms with van der Waals surface area (Å²) in [5.74, 6) is -1.22. The normalized spacial score (nSPS) is 14.9. The minimum Gasteiger partial charge on any atom is -0.352 e. The number of nitrogens with zero attached hydrogens (tertiary/aromatic N) is 2. The summed E-state index contributed by atoms with van der Waals surface area (Å²) >= 11 is 12.6. The molecule has 3 aromatic carbocycles. The molecule has 1 aliphatic rings. The summed E-state index contributed by atoms with van der Waals surface area (Å²) in [5, 5.41) is 3.66. The molecule has 0 radical (unpaired) electrons. The number of hydrogen-bond acceptors (Lipinski definition) is 4. The summed E-state index contributed by atoms with van der Waals surface area (Å²) in [7, 11) is -4.25. The van der Waals surface area contributed by atoms with Crippen molar-refractivity contribution in [2.75, 3.05) is 17.1 Å². The highest BCUT2D eigenvalue weighted by Crippen LogP contribution is 2.32. The molecule has 45 heavy (non-hydrogen) atoms. The third-order valence-electron chi connectivity index (χ3n) is 7.72. The number of halogens is 5. The first-order valence-corrected chi connectivity index (χ1v) is 17.1. The maximum absolute atomic E-state index is 14.2. The van der Waals surface area contributed by atoms with Gasteiger partial charge in [0, 0.05) is 29.1 Å². The molecular weight excluding hydrogens is 650 g/mol. The van der Waals surface area contributed by atoms with Gasteiger partial charge in [-0.1, -0.05) is 84.9 Å². The molecular formula is C32H34Cl2F3N3O4S. The van der Waals surface area contributed by atoms with Gasteiger partial charge < -0.3 is 10.2 Å². The van der Waals surface area contributed by atoms with E-state index in [4.69, 9.17) is 23.2 Å². The Morgan fingerprint density at radius 2 is 1.64 bits per heavy atom. The van der Waals surface area contributed by atoms with Crippen molar-refractivity contribution in [3.05, 3.63) is 99.5 Å². The summed E-state index contributed by atoms with van der Waals surface area (Å²) in [5.41, 5.74) is -0.210. The summed E-state index contributed by atoms with van der Waals surface area (Å²) in [6, 6.07) is 16.2. The molecule has 4 rings (SSSR count). The number of carbonyl (C=O) groups excluding carboxylic acids is 2. The predicted molar refractivity (Wildman–Crippen MR) is 170 cm³/mol. The number of hydrogen-bond donors (Lipinski definition) is 1. The number of sulfonamides is 1. The third-order valence-corrected chi connectivity index (χ3v) is 9.45. The van der Waals surface area contributed by atoms with E-state index < -0.39 is 46.2 Å². The van der Waals surface area contributed by atoms with Crippen molar-refractivity contribution in [1.29, 1.82) is 0 Å². The number of carbonyl (C=O) groups is 2. The van der Waals surface area contributed by atoms with Gasteiger partial charge in [0.15, 0.2) is 0 Å². The van der Waals surface area contributed by atoms with Crippen LogP contribution in [-0.4, -0.2) is 50.0 Å². The monoisotopic (exact) mass is 683 g/mol. The van der Waals surface area contributed by atoms with Crippen molar-refractivity contribution in [1.82, 2.24) is 10.2 Å². The third kappa shape index (κ3) is 9.61. The first-order valence-electron chi connectivity index (χ1n) is 14.4. The van der Waals surface area contributed by atoms with Crippen molar-refractivity contribution in [2.45, 2.75) is 63.3 Å². The van der Waals surface area contributed by atoms with E-state index in [-0.39, 0.29) is 29.7 Å². The van der Waals surface area contributed by atoms with Crippen LogP contribution < -0.4 is 9.62 Å². The quantitative estimate of drug-likeness (QED) is 0.239. The number of nitrogens with one attached hydrogen (secondary N) is 1. The molecule has 0 bridgehead atoms. The number of rotatable bonds is 11. The molecule has 1 fully saturated rings. The Morgan fingerprint density at radius 1 is 0.956 bits per heavy atom. The smallest absolute Gasteiger partial charge is 0.352 e. The molecule has 0 heterocycles. The Kier molecular flexibility index (Phi) is 11.4. The van der Waals surface area contributed by atoms with Crippen LogP contribution in [0, 0.1) is 0 Å². The lowest BCUT2D eigenvalue weighted by atomic mass is 9.94. The molecule has 0 aromatic heterocycles. The van der Waals surface area contributed by atoms with Gasteiger partial charge in [-0.25, -0.2) is 8.42 Å². The van der Waals surface area contributed by atoms with Crippen molar-refractivity contribution in [2.24, 2.45) is 0 Å². The van der Waals surface area contributed by atoms with Gasteiger partial charge in [0.1, 0.15) is 12.6 Å². The number of benzene rings is 3.